The molecule has 78 valence electrons. The number of aliphatic carboxylic acids is 1. The molecule has 0 radical (unpaired) electrons. The van der Waals surface area contributed by atoms with E-state index in [0.717, 1.165) is 0 Å². The highest BCUT2D eigenvalue weighted by Gasteiger charge is 2.21. The number of nitrogens with two attached hydrogens (primary N) is 2. The van der Waals surface area contributed by atoms with E-state index in [0.29, 0.717) is 19.4 Å². The van der Waals surface area contributed by atoms with Crippen LogP contribution < -0.4 is 11.5 Å². The van der Waals surface area contributed by atoms with Gasteiger partial charge in [0.1, 0.15) is 0 Å². The summed E-state index contributed by atoms with van der Waals surface area (Å²) in [6, 6.07) is -0.0689. The summed E-state index contributed by atoms with van der Waals surface area (Å²) in [5.41, 5.74) is 10.9. The Balaban J connectivity index is 3.90. The third kappa shape index (κ3) is 4.85. The van der Waals surface area contributed by atoms with E-state index < -0.39 is 5.97 Å². The van der Waals surface area contributed by atoms with Crippen LogP contribution in [-0.2, 0) is 4.79 Å². The fourth-order valence-corrected chi connectivity index (χ4v) is 1.25. The highest BCUT2D eigenvalue weighted by molar-refractivity contribution is 5.70. The van der Waals surface area contributed by atoms with Gasteiger partial charge in [0.05, 0.1) is 5.92 Å². The molecule has 4 heteroatoms. The van der Waals surface area contributed by atoms with Crippen molar-refractivity contribution in [3.63, 3.8) is 0 Å². The lowest BCUT2D eigenvalue weighted by atomic mass is 9.90. The summed E-state index contributed by atoms with van der Waals surface area (Å²) in [5.74, 6) is -0.876. The summed E-state index contributed by atoms with van der Waals surface area (Å²) in [5, 5.41) is 8.86. The maximum absolute atomic E-state index is 10.8. The van der Waals surface area contributed by atoms with Crippen molar-refractivity contribution in [1.82, 2.24) is 0 Å². The monoisotopic (exact) mass is 188 g/mol. The molecule has 0 aliphatic rings. The number of carboxylic acids is 1. The molecule has 0 saturated carbocycles. The zero-order valence-electron chi connectivity index (χ0n) is 8.36. The van der Waals surface area contributed by atoms with Crippen LogP contribution in [0.1, 0.15) is 26.7 Å². The molecule has 0 rings (SSSR count). The topological polar surface area (TPSA) is 89.3 Å². The van der Waals surface area contributed by atoms with E-state index in [1.165, 1.54) is 0 Å². The Morgan fingerprint density at radius 3 is 2.23 bits per heavy atom. The maximum atomic E-state index is 10.8. The van der Waals surface area contributed by atoms with E-state index in [1.54, 1.807) is 0 Å². The van der Waals surface area contributed by atoms with E-state index >= 15 is 0 Å². The van der Waals surface area contributed by atoms with Gasteiger partial charge in [-0.15, -0.1) is 0 Å². The summed E-state index contributed by atoms with van der Waals surface area (Å²) >= 11 is 0. The second-order valence-electron chi connectivity index (χ2n) is 3.76. The number of rotatable bonds is 6. The van der Waals surface area contributed by atoms with Crippen LogP contribution in [0.25, 0.3) is 0 Å². The molecule has 5 N–H and O–H groups in total. The Kier molecular flexibility index (Phi) is 5.66. The summed E-state index contributed by atoms with van der Waals surface area (Å²) in [7, 11) is 0. The second-order valence-corrected chi connectivity index (χ2v) is 3.76. The van der Waals surface area contributed by atoms with Gasteiger partial charge in [-0.2, -0.15) is 0 Å². The first-order valence-corrected chi connectivity index (χ1v) is 4.67. The van der Waals surface area contributed by atoms with Crippen molar-refractivity contribution in [3.05, 3.63) is 0 Å². The van der Waals surface area contributed by atoms with E-state index in [9.17, 15) is 4.79 Å². The van der Waals surface area contributed by atoms with Gasteiger partial charge < -0.3 is 16.6 Å². The molecule has 0 heterocycles. The van der Waals surface area contributed by atoms with Crippen LogP contribution in [0.2, 0.25) is 0 Å². The van der Waals surface area contributed by atoms with Crippen molar-refractivity contribution < 1.29 is 9.90 Å². The Labute approximate surface area is 79.3 Å². The molecule has 0 aromatic rings. The average molecular weight is 188 g/mol. The minimum atomic E-state index is -0.737. The molecular formula is C9H20N2O2. The normalized spacial score (nSPS) is 15.8. The zero-order valence-corrected chi connectivity index (χ0v) is 8.36. The first-order chi connectivity index (χ1) is 5.99. The summed E-state index contributed by atoms with van der Waals surface area (Å²) in [4.78, 5) is 10.8. The minimum Gasteiger partial charge on any atom is -0.481 e. The lowest BCUT2D eigenvalue weighted by Gasteiger charge is -2.17. The third-order valence-corrected chi connectivity index (χ3v) is 2.27. The molecule has 0 saturated heterocycles. The van der Waals surface area contributed by atoms with Crippen LogP contribution in [0.4, 0.5) is 0 Å². The van der Waals surface area contributed by atoms with Crippen LogP contribution in [0.5, 0.6) is 0 Å². The highest BCUT2D eigenvalue weighted by atomic mass is 16.4. The van der Waals surface area contributed by atoms with Crippen molar-refractivity contribution in [2.24, 2.45) is 23.3 Å². The van der Waals surface area contributed by atoms with Crippen molar-refractivity contribution in [3.8, 4) is 0 Å². The van der Waals surface area contributed by atoms with Crippen LogP contribution in [0.3, 0.4) is 0 Å². The summed E-state index contributed by atoms with van der Waals surface area (Å²) in [6.07, 6.45) is 1.30. The minimum absolute atomic E-state index is 0.0689. The molecule has 13 heavy (non-hydrogen) atoms. The van der Waals surface area contributed by atoms with Crippen molar-refractivity contribution in [2.45, 2.75) is 32.7 Å². The van der Waals surface area contributed by atoms with Crippen molar-refractivity contribution in [2.75, 3.05) is 6.54 Å². The van der Waals surface area contributed by atoms with Crippen molar-refractivity contribution in [1.29, 1.82) is 0 Å². The van der Waals surface area contributed by atoms with E-state index in [1.807, 2.05) is 13.8 Å². The van der Waals surface area contributed by atoms with Crippen LogP contribution in [0.15, 0.2) is 0 Å². The number of hydrogen-bond acceptors (Lipinski definition) is 3. The first-order valence-electron chi connectivity index (χ1n) is 4.67. The standard InChI is InChI=1S/C9H20N2O2/c1-6(2)8(9(12)13)4-3-7(11)5-10/h6-8H,3-5,10-11H2,1-2H3,(H,12,13)/t7-,8+/m1/s1. The van der Waals surface area contributed by atoms with Gasteiger partial charge >= 0.3 is 5.97 Å². The lowest BCUT2D eigenvalue weighted by molar-refractivity contribution is -0.143. The number of hydrogen-bond donors (Lipinski definition) is 3. The Morgan fingerprint density at radius 1 is 1.38 bits per heavy atom. The van der Waals surface area contributed by atoms with E-state index in [-0.39, 0.29) is 17.9 Å². The second kappa shape index (κ2) is 5.94. The Hall–Kier alpha value is -0.610. The fraction of sp³-hybridized carbons (Fsp3) is 0.889. The van der Waals surface area contributed by atoms with Gasteiger partial charge in [0.15, 0.2) is 0 Å². The maximum Gasteiger partial charge on any atom is 0.306 e. The lowest BCUT2D eigenvalue weighted by Crippen LogP contribution is -2.31. The molecule has 2 atom stereocenters. The van der Waals surface area contributed by atoms with Crippen LogP contribution in [0, 0.1) is 11.8 Å². The average Bonchev–Trinajstić information content (AvgIpc) is 2.03. The van der Waals surface area contributed by atoms with Gasteiger partial charge in [-0.25, -0.2) is 0 Å². The van der Waals surface area contributed by atoms with Gasteiger partial charge in [0.25, 0.3) is 0 Å². The molecule has 0 aliphatic carbocycles. The smallest absolute Gasteiger partial charge is 0.306 e. The van der Waals surface area contributed by atoms with Gasteiger partial charge in [-0.3, -0.25) is 4.79 Å². The molecular weight excluding hydrogens is 168 g/mol. The highest BCUT2D eigenvalue weighted by Crippen LogP contribution is 2.17. The predicted octanol–water partition coefficient (Wildman–Crippen LogP) is 0.409. The van der Waals surface area contributed by atoms with Gasteiger partial charge in [0.2, 0.25) is 0 Å². The Bertz CT molecular complexity index is 160. The quantitative estimate of drug-likeness (QED) is 0.563. The molecule has 0 spiro atoms. The fourth-order valence-electron chi connectivity index (χ4n) is 1.25. The van der Waals surface area contributed by atoms with E-state index in [2.05, 4.69) is 0 Å². The largest absolute Gasteiger partial charge is 0.481 e. The summed E-state index contributed by atoms with van der Waals surface area (Å²) < 4.78 is 0. The molecule has 0 fully saturated rings. The van der Waals surface area contributed by atoms with Crippen molar-refractivity contribution >= 4 is 5.97 Å². The van der Waals surface area contributed by atoms with Crippen LogP contribution >= 0.6 is 0 Å². The number of carboxylic acid groups (broad SMARTS) is 1. The van der Waals surface area contributed by atoms with Crippen LogP contribution in [-0.4, -0.2) is 23.7 Å². The third-order valence-electron chi connectivity index (χ3n) is 2.27. The number of carbonyl (C=O) groups is 1. The molecule has 0 amide bonds. The Morgan fingerprint density at radius 2 is 1.92 bits per heavy atom. The first kappa shape index (κ1) is 12.4. The molecule has 0 unspecified atom stereocenters. The van der Waals surface area contributed by atoms with Gasteiger partial charge in [-0.1, -0.05) is 13.8 Å². The zero-order chi connectivity index (χ0) is 10.4. The van der Waals surface area contributed by atoms with E-state index in [4.69, 9.17) is 16.6 Å². The predicted molar refractivity (Wildman–Crippen MR) is 52.2 cm³/mol. The molecule has 0 aromatic heterocycles. The summed E-state index contributed by atoms with van der Waals surface area (Å²) in [6.45, 7) is 4.24. The molecule has 4 nitrogen and oxygen atoms in total. The molecule has 0 bridgehead atoms. The van der Waals surface area contributed by atoms with Gasteiger partial charge in [0, 0.05) is 12.6 Å². The molecule has 0 aromatic carbocycles. The molecule has 0 aliphatic heterocycles. The van der Waals surface area contributed by atoms with Gasteiger partial charge in [-0.05, 0) is 18.8 Å². The SMILES string of the molecule is CC(C)[C@H](CC[C@@H](N)CN)C(=O)O.